The largest absolute Gasteiger partial charge is 0.444 e. The van der Waals surface area contributed by atoms with Crippen molar-refractivity contribution < 1.29 is 19.7 Å². The number of aliphatic hydroxyl groups excluding tert-OH is 2. The summed E-state index contributed by atoms with van der Waals surface area (Å²) < 4.78 is 5.03. The molecule has 0 radical (unpaired) electrons. The van der Waals surface area contributed by atoms with E-state index >= 15 is 0 Å². The van der Waals surface area contributed by atoms with Crippen LogP contribution in [0.1, 0.15) is 38.1 Å². The summed E-state index contributed by atoms with van der Waals surface area (Å²) in [6.07, 6.45) is -1.70. The molecule has 0 aliphatic carbocycles. The molecule has 0 saturated carbocycles. The fraction of sp³-hybridized carbons (Fsp3) is 0.571. The zero-order valence-corrected chi connectivity index (χ0v) is 12.8. The summed E-state index contributed by atoms with van der Waals surface area (Å²) in [7, 11) is 0. The van der Waals surface area contributed by atoms with E-state index in [0.29, 0.717) is 5.69 Å². The lowest BCUT2D eigenvalue weighted by Crippen LogP contribution is -2.39. The molecule has 2 atom stereocenters. The predicted octanol–water partition coefficient (Wildman–Crippen LogP) is 0.891. The third-order valence-electron chi connectivity index (χ3n) is 2.74. The summed E-state index contributed by atoms with van der Waals surface area (Å²) in [5, 5.41) is 22.4. The Labute approximate surface area is 124 Å². The van der Waals surface area contributed by atoms with Gasteiger partial charge in [0.15, 0.2) is 0 Å². The molecule has 118 valence electrons. The van der Waals surface area contributed by atoms with Crippen molar-refractivity contribution in [1.29, 1.82) is 0 Å². The number of carbonyl (C=O) groups is 1. The van der Waals surface area contributed by atoms with Gasteiger partial charge in [-0.2, -0.15) is 0 Å². The molecule has 7 nitrogen and oxygen atoms in total. The SMILES string of the molecule is Cc1ccnc(C(O)C(O)CNC(=O)OC(C)(C)C)c1N. The minimum absolute atomic E-state index is 0.175. The summed E-state index contributed by atoms with van der Waals surface area (Å²) in [6.45, 7) is 6.80. The van der Waals surface area contributed by atoms with E-state index in [1.54, 1.807) is 33.8 Å². The molecule has 1 aromatic rings. The molecule has 0 aromatic carbocycles. The highest BCUT2D eigenvalue weighted by atomic mass is 16.6. The molecule has 0 aliphatic rings. The molecule has 5 N–H and O–H groups in total. The van der Waals surface area contributed by atoms with Crippen LogP contribution in [-0.2, 0) is 4.74 Å². The molecule has 1 heterocycles. The van der Waals surface area contributed by atoms with Crippen molar-refractivity contribution in [2.24, 2.45) is 0 Å². The number of hydrogen-bond donors (Lipinski definition) is 4. The van der Waals surface area contributed by atoms with E-state index in [1.165, 1.54) is 6.20 Å². The highest BCUT2D eigenvalue weighted by Crippen LogP contribution is 2.23. The number of carbonyl (C=O) groups excluding carboxylic acids is 1. The van der Waals surface area contributed by atoms with Gasteiger partial charge in [0.05, 0.1) is 11.4 Å². The monoisotopic (exact) mass is 297 g/mol. The van der Waals surface area contributed by atoms with Gasteiger partial charge in [-0.25, -0.2) is 4.79 Å². The molecule has 0 fully saturated rings. The standard InChI is InChI=1S/C14H23N3O4/c1-8-5-6-16-11(10(8)15)12(19)9(18)7-17-13(20)21-14(2,3)4/h5-6,9,12,18-19H,7,15H2,1-4H3,(H,17,20). The van der Waals surface area contributed by atoms with Gasteiger partial charge in [-0.15, -0.1) is 0 Å². The number of nitrogens with zero attached hydrogens (tertiary/aromatic N) is 1. The number of alkyl carbamates (subject to hydrolysis) is 1. The number of nitrogens with one attached hydrogen (secondary N) is 1. The summed E-state index contributed by atoms with van der Waals surface area (Å²) in [4.78, 5) is 15.4. The first-order chi connectivity index (χ1) is 9.61. The lowest BCUT2D eigenvalue weighted by molar-refractivity contribution is 0.0112. The van der Waals surface area contributed by atoms with Crippen molar-refractivity contribution in [1.82, 2.24) is 10.3 Å². The van der Waals surface area contributed by atoms with Crippen LogP contribution in [0.2, 0.25) is 0 Å². The van der Waals surface area contributed by atoms with Crippen LogP contribution in [0.5, 0.6) is 0 Å². The van der Waals surface area contributed by atoms with Gasteiger partial charge >= 0.3 is 6.09 Å². The number of amides is 1. The van der Waals surface area contributed by atoms with Crippen LogP contribution in [0.25, 0.3) is 0 Å². The third kappa shape index (κ3) is 5.20. The number of anilines is 1. The van der Waals surface area contributed by atoms with Crippen LogP contribution in [-0.4, -0.2) is 39.5 Å². The number of nitrogens with two attached hydrogens (primary N) is 1. The van der Waals surface area contributed by atoms with Crippen LogP contribution in [0.15, 0.2) is 12.3 Å². The van der Waals surface area contributed by atoms with E-state index in [1.807, 2.05) is 0 Å². The molecule has 2 unspecified atom stereocenters. The van der Waals surface area contributed by atoms with E-state index in [9.17, 15) is 15.0 Å². The van der Waals surface area contributed by atoms with Crippen molar-refractivity contribution in [2.45, 2.75) is 45.5 Å². The zero-order chi connectivity index (χ0) is 16.2. The van der Waals surface area contributed by atoms with Crippen molar-refractivity contribution >= 4 is 11.8 Å². The molecule has 1 amide bonds. The van der Waals surface area contributed by atoms with Crippen molar-refractivity contribution in [2.75, 3.05) is 12.3 Å². The fourth-order valence-electron chi connectivity index (χ4n) is 1.62. The van der Waals surface area contributed by atoms with Gasteiger partial charge in [0.25, 0.3) is 0 Å². The quantitative estimate of drug-likeness (QED) is 0.655. The summed E-state index contributed by atoms with van der Waals surface area (Å²) in [5.41, 5.74) is 6.45. The highest BCUT2D eigenvalue weighted by Gasteiger charge is 2.24. The lowest BCUT2D eigenvalue weighted by atomic mass is 10.1. The Balaban J connectivity index is 2.61. The summed E-state index contributed by atoms with van der Waals surface area (Å²) >= 11 is 0. The number of rotatable bonds is 4. The molecule has 0 bridgehead atoms. The maximum absolute atomic E-state index is 11.5. The molecule has 7 heteroatoms. The van der Waals surface area contributed by atoms with Crippen molar-refractivity contribution in [3.63, 3.8) is 0 Å². The normalized spacial score (nSPS) is 14.4. The molecule has 1 aromatic heterocycles. The van der Waals surface area contributed by atoms with E-state index in [4.69, 9.17) is 10.5 Å². The second-order valence-corrected chi connectivity index (χ2v) is 5.82. The molecule has 21 heavy (non-hydrogen) atoms. The van der Waals surface area contributed by atoms with E-state index in [0.717, 1.165) is 5.56 Å². The van der Waals surface area contributed by atoms with Gasteiger partial charge in [-0.05, 0) is 39.3 Å². The van der Waals surface area contributed by atoms with Crippen LogP contribution >= 0.6 is 0 Å². The summed E-state index contributed by atoms with van der Waals surface area (Å²) in [6, 6.07) is 1.71. The second-order valence-electron chi connectivity index (χ2n) is 5.82. The van der Waals surface area contributed by atoms with Crippen molar-refractivity contribution in [3.05, 3.63) is 23.5 Å². The Morgan fingerprint density at radius 2 is 2.10 bits per heavy atom. The Kier molecular flexibility index (Phi) is 5.51. The smallest absolute Gasteiger partial charge is 0.407 e. The van der Waals surface area contributed by atoms with E-state index in [-0.39, 0.29) is 12.2 Å². The van der Waals surface area contributed by atoms with E-state index < -0.39 is 23.9 Å². The van der Waals surface area contributed by atoms with Crippen LogP contribution in [0.3, 0.4) is 0 Å². The van der Waals surface area contributed by atoms with Crippen LogP contribution in [0.4, 0.5) is 10.5 Å². The minimum atomic E-state index is -1.29. The molecule has 1 rings (SSSR count). The van der Waals surface area contributed by atoms with Crippen LogP contribution < -0.4 is 11.1 Å². The molecule has 0 saturated heterocycles. The molecular formula is C14H23N3O4. The average Bonchev–Trinajstić information content (AvgIpc) is 2.36. The van der Waals surface area contributed by atoms with Gasteiger partial charge < -0.3 is 26.0 Å². The van der Waals surface area contributed by atoms with Crippen LogP contribution in [0, 0.1) is 6.92 Å². The van der Waals surface area contributed by atoms with Crippen molar-refractivity contribution in [3.8, 4) is 0 Å². The van der Waals surface area contributed by atoms with Gasteiger partial charge in [0.2, 0.25) is 0 Å². The maximum Gasteiger partial charge on any atom is 0.407 e. The number of aromatic nitrogens is 1. The average molecular weight is 297 g/mol. The minimum Gasteiger partial charge on any atom is -0.444 e. The first-order valence-corrected chi connectivity index (χ1v) is 6.66. The first kappa shape index (κ1) is 17.2. The topological polar surface area (TPSA) is 118 Å². The van der Waals surface area contributed by atoms with Gasteiger partial charge in [-0.1, -0.05) is 0 Å². The second kappa shape index (κ2) is 6.73. The molecular weight excluding hydrogens is 274 g/mol. The number of aliphatic hydroxyl groups is 2. The number of ether oxygens (including phenoxy) is 1. The maximum atomic E-state index is 11.5. The van der Waals surface area contributed by atoms with Gasteiger partial charge in [0, 0.05) is 12.7 Å². The highest BCUT2D eigenvalue weighted by molar-refractivity contribution is 5.67. The number of hydrogen-bond acceptors (Lipinski definition) is 6. The van der Waals surface area contributed by atoms with E-state index in [2.05, 4.69) is 10.3 Å². The first-order valence-electron chi connectivity index (χ1n) is 6.66. The number of nitrogen functional groups attached to an aromatic ring is 1. The fourth-order valence-corrected chi connectivity index (χ4v) is 1.62. The van der Waals surface area contributed by atoms with Gasteiger partial charge in [-0.3, -0.25) is 4.98 Å². The Morgan fingerprint density at radius 3 is 2.67 bits per heavy atom. The van der Waals surface area contributed by atoms with Gasteiger partial charge in [0.1, 0.15) is 17.8 Å². The predicted molar refractivity (Wildman–Crippen MR) is 78.6 cm³/mol. The Bertz CT molecular complexity index is 499. The third-order valence-corrected chi connectivity index (χ3v) is 2.74. The lowest BCUT2D eigenvalue weighted by Gasteiger charge is -2.22. The molecule has 0 aliphatic heterocycles. The summed E-state index contributed by atoms with van der Waals surface area (Å²) in [5.74, 6) is 0. The Hall–Kier alpha value is -1.86. The number of pyridine rings is 1. The zero-order valence-electron chi connectivity index (χ0n) is 12.8. The molecule has 0 spiro atoms. The number of aryl methyl sites for hydroxylation is 1. The Morgan fingerprint density at radius 1 is 1.48 bits per heavy atom.